The van der Waals surface area contributed by atoms with E-state index in [2.05, 4.69) is 12.6 Å². The second kappa shape index (κ2) is 4.38. The average molecular weight is 175 g/mol. The van der Waals surface area contributed by atoms with Gasteiger partial charge in [-0.15, -0.1) is 0 Å². The third kappa shape index (κ3) is 2.22. The number of hydrogen-bond acceptors (Lipinski definition) is 3. The zero-order chi connectivity index (χ0) is 9.02. The highest BCUT2D eigenvalue weighted by atomic mass is 32.1. The van der Waals surface area contributed by atoms with Crippen LogP contribution in [-0.4, -0.2) is 29.0 Å². The van der Waals surface area contributed by atoms with Crippen LogP contribution in [-0.2, 0) is 9.59 Å². The molecule has 1 atom stereocenters. The second-order valence-corrected chi connectivity index (χ2v) is 2.63. The highest BCUT2D eigenvalue weighted by Gasteiger charge is 2.32. The molecule has 0 bridgehead atoms. The van der Waals surface area contributed by atoms with Crippen LogP contribution in [0.3, 0.4) is 0 Å². The van der Waals surface area contributed by atoms with Gasteiger partial charge in [0, 0.05) is 13.5 Å². The molecule has 0 radical (unpaired) electrons. The lowest BCUT2D eigenvalue weighted by molar-refractivity contribution is -0.136. The summed E-state index contributed by atoms with van der Waals surface area (Å²) in [6, 6.07) is 0. The Morgan fingerprint density at radius 2 is 1.91 bits per heavy atom. The van der Waals surface area contributed by atoms with Crippen LogP contribution in [0.2, 0.25) is 0 Å². The molecule has 1 aliphatic heterocycles. The van der Waals surface area contributed by atoms with E-state index in [1.165, 1.54) is 7.05 Å². The molecule has 0 aromatic heterocycles. The van der Waals surface area contributed by atoms with Crippen LogP contribution in [0.15, 0.2) is 0 Å². The molecular formula is C7H13NO2S. The van der Waals surface area contributed by atoms with Gasteiger partial charge in [0.05, 0.1) is 5.25 Å². The van der Waals surface area contributed by atoms with Crippen LogP contribution in [0.1, 0.15) is 20.3 Å². The van der Waals surface area contributed by atoms with Gasteiger partial charge in [-0.1, -0.05) is 13.8 Å². The molecule has 0 spiro atoms. The Morgan fingerprint density at radius 3 is 2.00 bits per heavy atom. The van der Waals surface area contributed by atoms with Crippen LogP contribution >= 0.6 is 12.6 Å². The van der Waals surface area contributed by atoms with Crippen LogP contribution < -0.4 is 0 Å². The van der Waals surface area contributed by atoms with E-state index in [9.17, 15) is 9.59 Å². The van der Waals surface area contributed by atoms with Gasteiger partial charge in [0.25, 0.3) is 0 Å². The van der Waals surface area contributed by atoms with E-state index in [0.29, 0.717) is 0 Å². The first-order valence-electron chi connectivity index (χ1n) is 3.61. The van der Waals surface area contributed by atoms with Gasteiger partial charge in [-0.05, 0) is 0 Å². The summed E-state index contributed by atoms with van der Waals surface area (Å²) in [5.74, 6) is -0.330. The maximum absolute atomic E-state index is 10.7. The van der Waals surface area contributed by atoms with E-state index in [1.54, 1.807) is 0 Å². The first kappa shape index (κ1) is 10.5. The van der Waals surface area contributed by atoms with Gasteiger partial charge in [0.1, 0.15) is 0 Å². The molecule has 0 aliphatic carbocycles. The molecule has 0 aromatic rings. The van der Waals surface area contributed by atoms with E-state index in [0.717, 1.165) is 4.90 Å². The monoisotopic (exact) mass is 175 g/mol. The van der Waals surface area contributed by atoms with Crippen molar-refractivity contribution in [3.8, 4) is 0 Å². The number of likely N-dealkylation sites (tertiary alicyclic amines) is 1. The summed E-state index contributed by atoms with van der Waals surface area (Å²) in [5.41, 5.74) is 0. The van der Waals surface area contributed by atoms with E-state index in [-0.39, 0.29) is 18.2 Å². The Labute approximate surface area is 72.2 Å². The first-order valence-corrected chi connectivity index (χ1v) is 4.13. The quantitative estimate of drug-likeness (QED) is 0.434. The SMILES string of the molecule is CC.CN1C(=O)CC(S)C1=O. The maximum Gasteiger partial charge on any atom is 0.242 e. The third-order valence-electron chi connectivity index (χ3n) is 1.36. The van der Waals surface area contributed by atoms with Crippen molar-refractivity contribution in [2.45, 2.75) is 25.5 Å². The first-order chi connectivity index (χ1) is 5.13. The normalized spacial score (nSPS) is 23.3. The van der Waals surface area contributed by atoms with Crippen molar-refractivity contribution >= 4 is 24.4 Å². The zero-order valence-corrected chi connectivity index (χ0v) is 7.89. The van der Waals surface area contributed by atoms with E-state index in [1.807, 2.05) is 13.8 Å². The van der Waals surface area contributed by atoms with Gasteiger partial charge in [0.2, 0.25) is 11.8 Å². The van der Waals surface area contributed by atoms with Crippen LogP contribution in [0.25, 0.3) is 0 Å². The van der Waals surface area contributed by atoms with Crippen molar-refractivity contribution in [1.29, 1.82) is 0 Å². The summed E-state index contributed by atoms with van der Waals surface area (Å²) in [7, 11) is 1.47. The van der Waals surface area contributed by atoms with E-state index >= 15 is 0 Å². The van der Waals surface area contributed by atoms with Crippen molar-refractivity contribution in [2.24, 2.45) is 0 Å². The molecule has 0 N–H and O–H groups in total. The summed E-state index contributed by atoms with van der Waals surface area (Å²) in [6.07, 6.45) is 0.248. The van der Waals surface area contributed by atoms with Crippen LogP contribution in [0.4, 0.5) is 0 Å². The highest BCUT2D eigenvalue weighted by molar-refractivity contribution is 7.81. The van der Waals surface area contributed by atoms with Gasteiger partial charge in [-0.25, -0.2) is 0 Å². The van der Waals surface area contributed by atoms with Gasteiger partial charge >= 0.3 is 0 Å². The summed E-state index contributed by atoms with van der Waals surface area (Å²) >= 11 is 3.89. The predicted molar refractivity (Wildman–Crippen MR) is 46.5 cm³/mol. The Kier molecular flexibility index (Phi) is 4.18. The molecule has 11 heavy (non-hydrogen) atoms. The molecule has 2 amide bonds. The Morgan fingerprint density at radius 1 is 1.45 bits per heavy atom. The summed E-state index contributed by atoms with van der Waals surface area (Å²) < 4.78 is 0. The van der Waals surface area contributed by atoms with Crippen LogP contribution in [0.5, 0.6) is 0 Å². The molecule has 3 nitrogen and oxygen atoms in total. The summed E-state index contributed by atoms with van der Waals surface area (Å²) in [5, 5.41) is -0.400. The van der Waals surface area contributed by atoms with Crippen molar-refractivity contribution in [3.05, 3.63) is 0 Å². The highest BCUT2D eigenvalue weighted by Crippen LogP contribution is 2.14. The molecule has 1 rings (SSSR count). The Hall–Kier alpha value is -0.510. The molecule has 1 fully saturated rings. The number of thiol groups is 1. The lowest BCUT2D eigenvalue weighted by atomic mass is 10.4. The fourth-order valence-corrected chi connectivity index (χ4v) is 1.07. The number of carbonyl (C=O) groups is 2. The van der Waals surface area contributed by atoms with E-state index < -0.39 is 5.25 Å². The smallest absolute Gasteiger partial charge is 0.242 e. The topological polar surface area (TPSA) is 37.4 Å². The van der Waals surface area contributed by atoms with E-state index in [4.69, 9.17) is 0 Å². The molecular weight excluding hydrogens is 162 g/mol. The van der Waals surface area contributed by atoms with Crippen molar-refractivity contribution in [3.63, 3.8) is 0 Å². The molecule has 0 aromatic carbocycles. The lowest BCUT2D eigenvalue weighted by Crippen LogP contribution is -2.25. The largest absolute Gasteiger partial charge is 0.285 e. The Bertz CT molecular complexity index is 170. The second-order valence-electron chi connectivity index (χ2n) is 2.01. The predicted octanol–water partition coefficient (Wildman–Crippen LogP) is 0.700. The minimum Gasteiger partial charge on any atom is -0.285 e. The van der Waals surface area contributed by atoms with Crippen molar-refractivity contribution in [2.75, 3.05) is 7.05 Å². The number of amides is 2. The van der Waals surface area contributed by atoms with Gasteiger partial charge < -0.3 is 0 Å². The number of rotatable bonds is 0. The van der Waals surface area contributed by atoms with Gasteiger partial charge in [-0.2, -0.15) is 12.6 Å². The zero-order valence-electron chi connectivity index (χ0n) is 7.00. The molecule has 1 saturated heterocycles. The molecule has 4 heteroatoms. The third-order valence-corrected chi connectivity index (χ3v) is 1.76. The molecule has 1 unspecified atom stereocenters. The summed E-state index contributed by atoms with van der Waals surface area (Å²) in [4.78, 5) is 22.5. The summed E-state index contributed by atoms with van der Waals surface area (Å²) in [6.45, 7) is 4.00. The molecule has 1 heterocycles. The number of hydrogen-bond donors (Lipinski definition) is 1. The maximum atomic E-state index is 10.7. The standard InChI is InChI=1S/C5H7NO2S.C2H6/c1-6-4(7)2-3(9)5(6)8;1-2/h3,9H,2H2,1H3;1-2H3. The van der Waals surface area contributed by atoms with Crippen molar-refractivity contribution < 1.29 is 9.59 Å². The van der Waals surface area contributed by atoms with Crippen LogP contribution in [0, 0.1) is 0 Å². The minimum absolute atomic E-state index is 0.139. The lowest BCUT2D eigenvalue weighted by Gasteiger charge is -2.02. The fraction of sp³-hybridized carbons (Fsp3) is 0.714. The minimum atomic E-state index is -0.400. The molecule has 1 aliphatic rings. The molecule has 64 valence electrons. The van der Waals surface area contributed by atoms with Crippen molar-refractivity contribution in [1.82, 2.24) is 4.90 Å². The fourth-order valence-electron chi connectivity index (χ4n) is 0.736. The number of carbonyl (C=O) groups excluding carboxylic acids is 2. The Balaban J connectivity index is 0.000000461. The number of imide groups is 1. The molecule has 0 saturated carbocycles. The van der Waals surface area contributed by atoms with Gasteiger partial charge in [-0.3, -0.25) is 14.5 Å². The average Bonchev–Trinajstić information content (AvgIpc) is 2.22. The van der Waals surface area contributed by atoms with Gasteiger partial charge in [0.15, 0.2) is 0 Å². The number of nitrogens with zero attached hydrogens (tertiary/aromatic N) is 1.